The Bertz CT molecular complexity index is 1700. The third-order valence-corrected chi connectivity index (χ3v) is 14.4. The lowest BCUT2D eigenvalue weighted by atomic mass is 10.1. The molecule has 37 heavy (non-hydrogen) atoms. The van der Waals surface area contributed by atoms with E-state index in [0.29, 0.717) is 0 Å². The SMILES string of the molecule is CN(C)S(=O)(=O)c1cc(S(=O)(=O)N(C)C)c2sc3c(S(=O)(=O)N(C)C)cc(S(=O)(=O)N(C)C)cc3c2c1. The molecule has 0 atom stereocenters. The molecule has 0 saturated heterocycles. The van der Waals surface area contributed by atoms with E-state index in [9.17, 15) is 33.7 Å². The average molecular weight is 613 g/mol. The summed E-state index contributed by atoms with van der Waals surface area (Å²) in [5, 5.41) is 0.184. The van der Waals surface area contributed by atoms with E-state index in [1.54, 1.807) is 0 Å². The van der Waals surface area contributed by atoms with Gasteiger partial charge in [-0.05, 0) is 24.3 Å². The van der Waals surface area contributed by atoms with Crippen molar-refractivity contribution in [3.8, 4) is 0 Å². The second-order valence-corrected chi connectivity index (χ2v) is 18.4. The van der Waals surface area contributed by atoms with Gasteiger partial charge in [0, 0.05) is 67.2 Å². The Labute approximate surface area is 221 Å². The van der Waals surface area contributed by atoms with Gasteiger partial charge in [0.2, 0.25) is 40.1 Å². The molecule has 17 heteroatoms. The first-order valence-electron chi connectivity index (χ1n) is 10.4. The lowest BCUT2D eigenvalue weighted by Gasteiger charge is -2.16. The summed E-state index contributed by atoms with van der Waals surface area (Å²) in [5.41, 5.74) is 0. The fraction of sp³-hybridized carbons (Fsp3) is 0.400. The van der Waals surface area contributed by atoms with Gasteiger partial charge in [-0.1, -0.05) is 0 Å². The number of rotatable bonds is 8. The maximum absolute atomic E-state index is 13.3. The molecule has 0 bridgehead atoms. The van der Waals surface area contributed by atoms with Crippen LogP contribution in [0.2, 0.25) is 0 Å². The minimum atomic E-state index is -4.20. The fourth-order valence-electron chi connectivity index (χ4n) is 3.36. The number of hydrogen-bond donors (Lipinski definition) is 0. The van der Waals surface area contributed by atoms with Crippen LogP contribution in [-0.2, 0) is 40.1 Å². The number of benzene rings is 2. The van der Waals surface area contributed by atoms with Gasteiger partial charge in [0.25, 0.3) is 0 Å². The Balaban J connectivity index is 2.73. The zero-order valence-corrected chi connectivity index (χ0v) is 25.5. The van der Waals surface area contributed by atoms with E-state index in [4.69, 9.17) is 0 Å². The first-order valence-corrected chi connectivity index (χ1v) is 17.0. The highest BCUT2D eigenvalue weighted by Gasteiger charge is 2.32. The monoisotopic (exact) mass is 612 g/mol. The molecule has 3 aromatic rings. The Hall–Kier alpha value is -1.70. The molecule has 12 nitrogen and oxygen atoms in total. The summed E-state index contributed by atoms with van der Waals surface area (Å²) >= 11 is 0.830. The van der Waals surface area contributed by atoms with E-state index in [1.165, 1.54) is 68.5 Å². The molecule has 3 rings (SSSR count). The van der Waals surface area contributed by atoms with Crippen molar-refractivity contribution >= 4 is 71.6 Å². The highest BCUT2D eigenvalue weighted by molar-refractivity contribution is 7.91. The summed E-state index contributed by atoms with van der Waals surface area (Å²) in [6.07, 6.45) is 0. The molecule has 2 aromatic carbocycles. The zero-order valence-electron chi connectivity index (χ0n) is 21.4. The molecule has 0 aliphatic rings. The predicted octanol–water partition coefficient (Wildman–Crippen LogP) is 1.06. The van der Waals surface area contributed by atoms with Gasteiger partial charge in [-0.2, -0.15) is 0 Å². The van der Waals surface area contributed by atoms with Crippen LogP contribution in [0.1, 0.15) is 0 Å². The van der Waals surface area contributed by atoms with E-state index in [1.807, 2.05) is 0 Å². The molecule has 0 aliphatic carbocycles. The normalized spacial score (nSPS) is 14.2. The molecule has 0 amide bonds. The third-order valence-electron chi connectivity index (χ3n) is 5.63. The van der Waals surface area contributed by atoms with Gasteiger partial charge >= 0.3 is 0 Å². The van der Waals surface area contributed by atoms with Crippen molar-refractivity contribution in [1.29, 1.82) is 0 Å². The second-order valence-electron chi connectivity index (χ2n) is 8.85. The van der Waals surface area contributed by atoms with E-state index in [-0.39, 0.29) is 39.8 Å². The fourth-order valence-corrected chi connectivity index (χ4v) is 9.41. The van der Waals surface area contributed by atoms with Gasteiger partial charge in [0.15, 0.2) is 0 Å². The molecule has 206 valence electrons. The van der Waals surface area contributed by atoms with Crippen LogP contribution in [0.5, 0.6) is 0 Å². The van der Waals surface area contributed by atoms with Gasteiger partial charge in [-0.3, -0.25) is 0 Å². The van der Waals surface area contributed by atoms with Gasteiger partial charge in [0.05, 0.1) is 19.2 Å². The highest BCUT2D eigenvalue weighted by atomic mass is 32.2. The van der Waals surface area contributed by atoms with Crippen LogP contribution in [0.3, 0.4) is 0 Å². The molecular formula is C20H28N4O8S5. The lowest BCUT2D eigenvalue weighted by molar-refractivity contribution is 0.516. The minimum Gasteiger partial charge on any atom is -0.207 e. The molecule has 0 radical (unpaired) electrons. The van der Waals surface area contributed by atoms with Crippen LogP contribution in [0, 0.1) is 0 Å². The van der Waals surface area contributed by atoms with Crippen molar-refractivity contribution in [2.45, 2.75) is 19.6 Å². The molecule has 0 saturated carbocycles. The summed E-state index contributed by atoms with van der Waals surface area (Å²) in [7, 11) is -6.38. The maximum atomic E-state index is 13.3. The first-order chi connectivity index (χ1) is 16.7. The van der Waals surface area contributed by atoms with Crippen molar-refractivity contribution in [3.63, 3.8) is 0 Å². The van der Waals surface area contributed by atoms with Gasteiger partial charge in [-0.25, -0.2) is 50.9 Å². The van der Waals surface area contributed by atoms with Crippen LogP contribution in [-0.4, -0.2) is 107 Å². The molecule has 0 spiro atoms. The molecule has 0 N–H and O–H groups in total. The molecule has 1 heterocycles. The highest BCUT2D eigenvalue weighted by Crippen LogP contribution is 2.44. The first kappa shape index (κ1) is 29.9. The summed E-state index contributed by atoms with van der Waals surface area (Å²) in [4.78, 5) is -1.38. The van der Waals surface area contributed by atoms with Crippen molar-refractivity contribution in [2.24, 2.45) is 0 Å². The largest absolute Gasteiger partial charge is 0.244 e. The summed E-state index contributed by atoms with van der Waals surface area (Å²) in [6.45, 7) is 0. The number of nitrogens with zero attached hydrogens (tertiary/aromatic N) is 4. The van der Waals surface area contributed by atoms with Gasteiger partial charge < -0.3 is 0 Å². The predicted molar refractivity (Wildman–Crippen MR) is 143 cm³/mol. The minimum absolute atomic E-state index is 0.0920. The van der Waals surface area contributed by atoms with Crippen molar-refractivity contribution in [3.05, 3.63) is 24.3 Å². The number of thiophene rings is 1. The Morgan fingerprint density at radius 2 is 0.730 bits per heavy atom. The summed E-state index contributed by atoms with van der Waals surface area (Å²) in [5.74, 6) is 0. The van der Waals surface area contributed by atoms with Crippen molar-refractivity contribution in [1.82, 2.24) is 17.2 Å². The number of fused-ring (bicyclic) bond motifs is 3. The van der Waals surface area contributed by atoms with Gasteiger partial charge in [-0.15, -0.1) is 11.3 Å². The van der Waals surface area contributed by atoms with E-state index in [0.717, 1.165) is 40.7 Å². The second kappa shape index (κ2) is 9.49. The maximum Gasteiger partial charge on any atom is 0.244 e. The van der Waals surface area contributed by atoms with Gasteiger partial charge in [0.1, 0.15) is 9.79 Å². The van der Waals surface area contributed by atoms with Crippen LogP contribution in [0.15, 0.2) is 43.8 Å². The standard InChI is InChI=1S/C20H28N4O8S5/c1-21(2)34(25,26)13-9-15-16-10-14(35(27,28)22(3)4)12-18(37(31,32)24(7)8)20(16)33-19(15)17(11-13)36(29,30)23(5)6/h9-12H,1-8H3. The third kappa shape index (κ3) is 4.80. The quantitative estimate of drug-likeness (QED) is 0.367. The number of hydrogen-bond acceptors (Lipinski definition) is 9. The lowest BCUT2D eigenvalue weighted by Crippen LogP contribution is -2.25. The van der Waals surface area contributed by atoms with E-state index >= 15 is 0 Å². The average Bonchev–Trinajstić information content (AvgIpc) is 3.15. The molecule has 0 aliphatic heterocycles. The smallest absolute Gasteiger partial charge is 0.207 e. The Morgan fingerprint density at radius 1 is 0.459 bits per heavy atom. The summed E-state index contributed by atoms with van der Waals surface area (Å²) < 4.78 is 109. The van der Waals surface area contributed by atoms with Crippen molar-refractivity contribution in [2.75, 3.05) is 56.4 Å². The molecule has 0 unspecified atom stereocenters. The Morgan fingerprint density at radius 3 is 0.973 bits per heavy atom. The molecule has 0 fully saturated rings. The molecular weight excluding hydrogens is 585 g/mol. The van der Waals surface area contributed by atoms with Crippen LogP contribution in [0.25, 0.3) is 20.2 Å². The van der Waals surface area contributed by atoms with Crippen LogP contribution >= 0.6 is 11.3 Å². The number of sulfonamides is 4. The zero-order chi connectivity index (χ0) is 28.5. The van der Waals surface area contributed by atoms with E-state index in [2.05, 4.69) is 0 Å². The van der Waals surface area contributed by atoms with Crippen LogP contribution in [0.4, 0.5) is 0 Å². The van der Waals surface area contributed by atoms with Crippen LogP contribution < -0.4 is 0 Å². The Kier molecular flexibility index (Phi) is 7.66. The molecule has 1 aromatic heterocycles. The topological polar surface area (TPSA) is 150 Å². The van der Waals surface area contributed by atoms with E-state index < -0.39 is 40.1 Å². The summed E-state index contributed by atoms with van der Waals surface area (Å²) in [6, 6.07) is 4.52. The van der Waals surface area contributed by atoms with Crippen molar-refractivity contribution < 1.29 is 33.7 Å².